The number of benzene rings is 4. The van der Waals surface area contributed by atoms with Gasteiger partial charge in [0.2, 0.25) is 17.7 Å². The number of aryl methyl sites for hydroxylation is 1. The highest BCUT2D eigenvalue weighted by atomic mass is 35.5. The highest BCUT2D eigenvalue weighted by Gasteiger charge is 2.39. The van der Waals surface area contributed by atoms with Crippen LogP contribution in [0.25, 0.3) is 78.3 Å². The predicted octanol–water partition coefficient (Wildman–Crippen LogP) is 15.2. The molecule has 6 aliphatic heterocycles. The fraction of sp³-hybridized carbons (Fsp3) is 0.309. The van der Waals surface area contributed by atoms with Crippen molar-refractivity contribution in [2.45, 2.75) is 130 Å². The quantitative estimate of drug-likeness (QED) is 0.0962. The molecule has 7 aromatic heterocycles. The standard InChI is InChI=1S/C32H30ClN5O3.C32H30ClN5O2.C30H35ClN6O3/c1-4-28(39)36-18-21(3)37(19-20(36)2)30-24-17-25(33)29-23-13-6-8-15-27(23)41-16-10-9-12-22-11-5-7-14-26(22)38(31(24)34-29)32(40)35-30;1-4-28(39)36-18-21(3)37(19-20(36)2)30-25-17-26(33)29-24-15-9-7-12-22(24)11-5-6-13-23-14-8-10-16-27(23)38(31(25)34-29)32(40)35-30;1-7-24(38)35-15-20(6)36(16-19(35)5)28-22-14-23(31)26(21-9-12-40-13-10-21)33-29(22)37(30(39)34-28)27-18(4)8-11-32-25(27)17(2)3/h4-11,13-15,17,20-21H,1,12,16,18-19H2,2-3H3;4-10,12,14-17,20-21H,1,11,13,18-19H2,2-3H3;7-9,11,14,17,19-20H,1,10,12-13,15-16H2,2-6H3/b10-9-;6-5-;. The monoisotopic (exact) mass is 1680 g/mol. The molecule has 27 heteroatoms. The van der Waals surface area contributed by atoms with Crippen LogP contribution in [0.5, 0.6) is 5.75 Å². The number of fused-ring (bicyclic) bond motifs is 11. The number of rotatable bonds is 9. The second-order valence-corrected chi connectivity index (χ2v) is 32.9. The second-order valence-electron chi connectivity index (χ2n) is 31.7. The minimum atomic E-state index is -0.438. The van der Waals surface area contributed by atoms with Gasteiger partial charge >= 0.3 is 17.1 Å². The van der Waals surface area contributed by atoms with Gasteiger partial charge in [-0.05, 0) is 175 Å². The normalized spacial score (nSPS) is 19.5. The number of ether oxygens (including phenoxy) is 2. The number of allylic oxidation sites excluding steroid dienone is 3. The molecule has 13 heterocycles. The molecular weight excluding hydrogens is 1590 g/mol. The zero-order valence-electron chi connectivity index (χ0n) is 69.2. The van der Waals surface area contributed by atoms with Crippen molar-refractivity contribution in [2.75, 3.05) is 73.8 Å². The van der Waals surface area contributed by atoms with E-state index in [4.69, 9.17) is 59.2 Å². The summed E-state index contributed by atoms with van der Waals surface area (Å²) in [5.74, 6) is 1.92. The topological polar surface area (TPSA) is 245 Å². The van der Waals surface area contributed by atoms with E-state index in [2.05, 4.69) is 86.4 Å². The first-order chi connectivity index (χ1) is 58.4. The van der Waals surface area contributed by atoms with Gasteiger partial charge < -0.3 is 38.9 Å². The first-order valence-corrected chi connectivity index (χ1v) is 42.0. The molecule has 3 saturated heterocycles. The summed E-state index contributed by atoms with van der Waals surface area (Å²) in [6, 6.07) is 38.2. The Bertz CT molecular complexity index is 6270. The van der Waals surface area contributed by atoms with Gasteiger partial charge in [-0.25, -0.2) is 43.0 Å². The molecule has 0 N–H and O–H groups in total. The molecule has 6 unspecified atom stereocenters. The molecule has 0 spiro atoms. The number of hydrogen-bond acceptors (Lipinski definition) is 18. The molecule has 4 bridgehead atoms. The maximum absolute atomic E-state index is 14.0. The van der Waals surface area contributed by atoms with Crippen LogP contribution in [0.15, 0.2) is 210 Å². The lowest BCUT2D eigenvalue weighted by atomic mass is 9.99. The van der Waals surface area contributed by atoms with Crippen LogP contribution in [0, 0.1) is 6.92 Å². The second kappa shape index (κ2) is 35.6. The lowest BCUT2D eigenvalue weighted by Crippen LogP contribution is -2.58. The van der Waals surface area contributed by atoms with Crippen molar-refractivity contribution in [1.82, 2.24) is 63.3 Å². The predicted molar refractivity (Wildman–Crippen MR) is 481 cm³/mol. The minimum absolute atomic E-state index is 0.0674. The van der Waals surface area contributed by atoms with Gasteiger partial charge in [-0.2, -0.15) is 15.0 Å². The van der Waals surface area contributed by atoms with Crippen molar-refractivity contribution in [3.8, 4) is 45.3 Å². The highest BCUT2D eigenvalue weighted by Crippen LogP contribution is 2.42. The van der Waals surface area contributed by atoms with Crippen LogP contribution in [0.3, 0.4) is 0 Å². The number of anilines is 3. The van der Waals surface area contributed by atoms with E-state index < -0.39 is 17.1 Å². The summed E-state index contributed by atoms with van der Waals surface area (Å²) in [7, 11) is 0. The van der Waals surface area contributed by atoms with Crippen molar-refractivity contribution in [3.05, 3.63) is 276 Å². The van der Waals surface area contributed by atoms with Crippen LogP contribution >= 0.6 is 34.8 Å². The molecule has 0 aliphatic carbocycles. The van der Waals surface area contributed by atoms with Gasteiger partial charge in [0.25, 0.3) is 0 Å². The SMILES string of the molecule is C=CC(=O)N1CC(C)N(c2nc(=O)n(-c3c(C)ccnc3C(C)C)c3nc(C4=CCOCC4)c(Cl)cc23)CC1C.C=CC(=O)N1CC(C)N(c2nc(=O)n3c4nc(c(Cl)cc24)-c2ccccc2C/C=C\Cc2ccccc2-3)CC1C.C=CC(=O)N1CC(C)N(c2nc(=O)n3c4nc(c(Cl)cc24)-c2ccccc2OC/C=C\Cc2ccccc2-3)CC1C. The van der Waals surface area contributed by atoms with Crippen LogP contribution < -0.4 is 36.5 Å². The minimum Gasteiger partial charge on any atom is -0.489 e. The number of para-hydroxylation sites is 3. The number of hydrogen-bond donors (Lipinski definition) is 0. The first-order valence-electron chi connectivity index (χ1n) is 40.8. The highest BCUT2D eigenvalue weighted by molar-refractivity contribution is 6.35. The number of carbonyl (C=O) groups excluding carboxylic acids is 3. The van der Waals surface area contributed by atoms with E-state index in [1.807, 2.05) is 182 Å². The maximum atomic E-state index is 14.0. The van der Waals surface area contributed by atoms with E-state index in [0.29, 0.717) is 178 Å². The molecule has 4 aromatic carbocycles. The summed E-state index contributed by atoms with van der Waals surface area (Å²) in [5, 5.41) is 3.41. The number of pyridine rings is 4. The molecular formula is C94H95Cl3N16O8. The zero-order chi connectivity index (χ0) is 85.4. The summed E-state index contributed by atoms with van der Waals surface area (Å²) in [4.78, 5) is 125. The Balaban J connectivity index is 0.000000141. The number of amides is 3. The summed E-state index contributed by atoms with van der Waals surface area (Å²) >= 11 is 20.8. The molecule has 6 aliphatic rings. The van der Waals surface area contributed by atoms with Gasteiger partial charge in [0, 0.05) is 92.8 Å². The van der Waals surface area contributed by atoms with Crippen LogP contribution in [0.1, 0.15) is 101 Å². The van der Waals surface area contributed by atoms with Crippen LogP contribution in [-0.4, -0.2) is 176 Å². The van der Waals surface area contributed by atoms with E-state index >= 15 is 0 Å². The number of piperazine rings is 3. The average Bonchev–Trinajstić information content (AvgIpc) is 0.899. The molecule has 11 aromatic rings. The number of aromatic nitrogens is 10. The number of nitrogens with zero attached hydrogens (tertiary/aromatic N) is 16. The number of carbonyl (C=O) groups is 3. The summed E-state index contributed by atoms with van der Waals surface area (Å²) in [6.07, 6.45) is 18.8. The van der Waals surface area contributed by atoms with Crippen molar-refractivity contribution in [3.63, 3.8) is 0 Å². The van der Waals surface area contributed by atoms with Crippen molar-refractivity contribution in [2.24, 2.45) is 0 Å². The third-order valence-corrected chi connectivity index (χ3v) is 24.2. The van der Waals surface area contributed by atoms with Gasteiger partial charge in [-0.15, -0.1) is 0 Å². The average molecular weight is 1680 g/mol. The summed E-state index contributed by atoms with van der Waals surface area (Å²) in [5.41, 5.74) is 11.5. The molecule has 121 heavy (non-hydrogen) atoms. The Labute approximate surface area is 716 Å². The first kappa shape index (κ1) is 83.8. The van der Waals surface area contributed by atoms with E-state index in [1.54, 1.807) is 34.6 Å². The molecule has 0 radical (unpaired) electrons. The third kappa shape index (κ3) is 16.4. The number of halogens is 3. The Morgan fingerprint density at radius 3 is 1.35 bits per heavy atom. The Morgan fingerprint density at radius 1 is 0.471 bits per heavy atom. The Morgan fingerprint density at radius 2 is 0.876 bits per heavy atom. The lowest BCUT2D eigenvalue weighted by Gasteiger charge is -2.44. The van der Waals surface area contributed by atoms with Gasteiger partial charge in [0.15, 0.2) is 16.9 Å². The fourth-order valence-corrected chi connectivity index (χ4v) is 17.9. The summed E-state index contributed by atoms with van der Waals surface area (Å²) < 4.78 is 16.4. The molecule has 3 fully saturated rings. The fourth-order valence-electron chi connectivity index (χ4n) is 17.1. The molecule has 6 atom stereocenters. The molecule has 17 rings (SSSR count). The van der Waals surface area contributed by atoms with Gasteiger partial charge in [-0.1, -0.05) is 172 Å². The smallest absolute Gasteiger partial charge is 0.355 e. The van der Waals surface area contributed by atoms with Crippen LogP contribution in [-0.2, 0) is 38.4 Å². The third-order valence-electron chi connectivity index (χ3n) is 23.3. The van der Waals surface area contributed by atoms with Gasteiger partial charge in [-0.3, -0.25) is 19.4 Å². The molecule has 0 saturated carbocycles. The van der Waals surface area contributed by atoms with Gasteiger partial charge in [0.1, 0.15) is 29.8 Å². The zero-order valence-corrected chi connectivity index (χ0v) is 71.4. The van der Waals surface area contributed by atoms with Crippen LogP contribution in [0.4, 0.5) is 17.5 Å². The van der Waals surface area contributed by atoms with Crippen LogP contribution in [0.2, 0.25) is 15.1 Å². The molecule has 3 amide bonds. The summed E-state index contributed by atoms with van der Waals surface area (Å²) in [6.45, 7) is 33.4. The van der Waals surface area contributed by atoms with E-state index in [1.165, 1.54) is 18.2 Å². The molecule has 620 valence electrons. The maximum Gasteiger partial charge on any atom is 0.355 e. The van der Waals surface area contributed by atoms with Crippen molar-refractivity contribution < 1.29 is 23.9 Å². The Hall–Kier alpha value is -12.2. The van der Waals surface area contributed by atoms with E-state index in [9.17, 15) is 28.8 Å². The molecule has 24 nitrogen and oxygen atoms in total. The van der Waals surface area contributed by atoms with E-state index in [0.717, 1.165) is 56.8 Å². The van der Waals surface area contributed by atoms with Crippen molar-refractivity contribution >= 4 is 109 Å². The van der Waals surface area contributed by atoms with E-state index in [-0.39, 0.29) is 59.9 Å². The largest absolute Gasteiger partial charge is 0.489 e. The Kier molecular flexibility index (Phi) is 24.7. The van der Waals surface area contributed by atoms with Gasteiger partial charge in [0.05, 0.1) is 84.3 Å². The van der Waals surface area contributed by atoms with Crippen molar-refractivity contribution in [1.29, 1.82) is 0 Å². The lowest BCUT2D eigenvalue weighted by molar-refractivity contribution is -0.129.